The van der Waals surface area contributed by atoms with E-state index in [4.69, 9.17) is 0 Å². The molecule has 0 bridgehead atoms. The highest BCUT2D eigenvalue weighted by Crippen LogP contribution is 2.08. The monoisotopic (exact) mass is 271 g/mol. The summed E-state index contributed by atoms with van der Waals surface area (Å²) in [7, 11) is 5.43. The van der Waals surface area contributed by atoms with Crippen LogP contribution >= 0.6 is 0 Å². The Morgan fingerprint density at radius 2 is 1.70 bits per heavy atom. The zero-order valence-electron chi connectivity index (χ0n) is 12.0. The second kappa shape index (κ2) is 6.19. The first-order chi connectivity index (χ1) is 9.60. The first-order valence-electron chi connectivity index (χ1n) is 6.44. The van der Waals surface area contributed by atoms with E-state index in [0.717, 1.165) is 12.1 Å². The van der Waals surface area contributed by atoms with Crippen molar-refractivity contribution in [1.82, 2.24) is 0 Å². The van der Waals surface area contributed by atoms with Gasteiger partial charge in [-0.05, 0) is 12.1 Å². The summed E-state index contributed by atoms with van der Waals surface area (Å²) in [6.07, 6.45) is 4.09. The van der Waals surface area contributed by atoms with Gasteiger partial charge < -0.3 is 9.64 Å². The van der Waals surface area contributed by atoms with Crippen LogP contribution in [0, 0.1) is 0 Å². The van der Waals surface area contributed by atoms with Crippen molar-refractivity contribution >= 4 is 11.7 Å². The van der Waals surface area contributed by atoms with Crippen LogP contribution in [0.3, 0.4) is 0 Å². The van der Waals surface area contributed by atoms with Gasteiger partial charge in [-0.15, -0.1) is 0 Å². The fourth-order valence-electron chi connectivity index (χ4n) is 1.93. The number of anilines is 1. The average Bonchev–Trinajstić information content (AvgIpc) is 2.48. The largest absolute Gasteiger partial charge is 0.465 e. The maximum atomic E-state index is 11.4. The number of nitrogens with zero attached hydrogens (tertiary/aromatic N) is 2. The first-order valence-corrected chi connectivity index (χ1v) is 6.44. The van der Waals surface area contributed by atoms with Gasteiger partial charge in [-0.3, -0.25) is 0 Å². The molecule has 2 aromatic rings. The van der Waals surface area contributed by atoms with Crippen molar-refractivity contribution in [2.45, 2.75) is 6.54 Å². The maximum absolute atomic E-state index is 11.4. The number of carbonyl (C=O) groups is 1. The van der Waals surface area contributed by atoms with E-state index in [1.807, 2.05) is 38.6 Å². The Kier molecular flexibility index (Phi) is 4.35. The lowest BCUT2D eigenvalue weighted by atomic mass is 10.1. The molecule has 1 heterocycles. The predicted molar refractivity (Wildman–Crippen MR) is 77.8 cm³/mol. The highest BCUT2D eigenvalue weighted by Gasteiger charge is 2.07. The summed E-state index contributed by atoms with van der Waals surface area (Å²) < 4.78 is 6.78. The van der Waals surface area contributed by atoms with Crippen LogP contribution in [0.5, 0.6) is 0 Å². The smallest absolute Gasteiger partial charge is 0.337 e. The van der Waals surface area contributed by atoms with Gasteiger partial charge in [0.25, 0.3) is 0 Å². The molecule has 0 radical (unpaired) electrons. The predicted octanol–water partition coefficient (Wildman–Crippen LogP) is 1.88. The molecule has 0 amide bonds. The molecule has 20 heavy (non-hydrogen) atoms. The molecule has 4 heteroatoms. The molecule has 0 N–H and O–H groups in total. The highest BCUT2D eigenvalue weighted by atomic mass is 16.5. The Labute approximate surface area is 119 Å². The van der Waals surface area contributed by atoms with Crippen LogP contribution in [0.15, 0.2) is 48.8 Å². The molecule has 0 aliphatic rings. The van der Waals surface area contributed by atoms with E-state index in [2.05, 4.69) is 26.3 Å². The SMILES string of the molecule is COC(=O)c1ccc(C[n+]2ccc(N(C)C)cc2)cc1. The highest BCUT2D eigenvalue weighted by molar-refractivity contribution is 5.89. The van der Waals surface area contributed by atoms with Crippen LogP contribution in [0.25, 0.3) is 0 Å². The van der Waals surface area contributed by atoms with Gasteiger partial charge in [0, 0.05) is 37.5 Å². The Hall–Kier alpha value is -2.36. The van der Waals surface area contributed by atoms with E-state index in [1.54, 1.807) is 12.1 Å². The van der Waals surface area contributed by atoms with Crippen LogP contribution in [-0.4, -0.2) is 27.2 Å². The van der Waals surface area contributed by atoms with Gasteiger partial charge >= 0.3 is 5.97 Å². The third-order valence-corrected chi connectivity index (χ3v) is 3.13. The van der Waals surface area contributed by atoms with Crippen molar-refractivity contribution in [3.8, 4) is 0 Å². The number of benzene rings is 1. The van der Waals surface area contributed by atoms with Gasteiger partial charge in [0.15, 0.2) is 18.9 Å². The molecule has 0 fully saturated rings. The third kappa shape index (κ3) is 3.35. The number of hydrogen-bond donors (Lipinski definition) is 0. The van der Waals surface area contributed by atoms with Gasteiger partial charge in [-0.25, -0.2) is 9.36 Å². The molecule has 0 saturated carbocycles. The molecule has 0 saturated heterocycles. The third-order valence-electron chi connectivity index (χ3n) is 3.13. The molecular weight excluding hydrogens is 252 g/mol. The molecule has 0 spiro atoms. The molecular formula is C16H19N2O2+. The summed E-state index contributed by atoms with van der Waals surface area (Å²) >= 11 is 0. The number of rotatable bonds is 4. The van der Waals surface area contributed by atoms with E-state index in [-0.39, 0.29) is 5.97 Å². The zero-order chi connectivity index (χ0) is 14.5. The second-order valence-corrected chi connectivity index (χ2v) is 4.81. The van der Waals surface area contributed by atoms with Gasteiger partial charge in [0.05, 0.1) is 12.7 Å². The van der Waals surface area contributed by atoms with Crippen molar-refractivity contribution in [1.29, 1.82) is 0 Å². The van der Waals surface area contributed by atoms with Crippen LogP contribution in [0.1, 0.15) is 15.9 Å². The van der Waals surface area contributed by atoms with E-state index in [1.165, 1.54) is 12.8 Å². The molecule has 2 rings (SSSR count). The van der Waals surface area contributed by atoms with Crippen LogP contribution in [-0.2, 0) is 11.3 Å². The van der Waals surface area contributed by atoms with Gasteiger partial charge in [0.2, 0.25) is 0 Å². The van der Waals surface area contributed by atoms with Crippen molar-refractivity contribution in [2.75, 3.05) is 26.1 Å². The van der Waals surface area contributed by atoms with E-state index >= 15 is 0 Å². The molecule has 104 valence electrons. The minimum Gasteiger partial charge on any atom is -0.465 e. The molecule has 1 aromatic heterocycles. The van der Waals surface area contributed by atoms with Crippen molar-refractivity contribution < 1.29 is 14.1 Å². The lowest BCUT2D eigenvalue weighted by molar-refractivity contribution is -0.688. The zero-order valence-corrected chi connectivity index (χ0v) is 12.0. The average molecular weight is 271 g/mol. The number of hydrogen-bond acceptors (Lipinski definition) is 3. The summed E-state index contributed by atoms with van der Waals surface area (Å²) in [4.78, 5) is 13.4. The van der Waals surface area contributed by atoms with Gasteiger partial charge in [-0.2, -0.15) is 0 Å². The molecule has 1 aromatic carbocycles. The fourth-order valence-corrected chi connectivity index (χ4v) is 1.93. The topological polar surface area (TPSA) is 33.4 Å². The van der Waals surface area contributed by atoms with Crippen molar-refractivity contribution in [3.63, 3.8) is 0 Å². The van der Waals surface area contributed by atoms with Crippen molar-refractivity contribution in [3.05, 3.63) is 59.9 Å². The molecule has 0 aliphatic heterocycles. The summed E-state index contributed by atoms with van der Waals surface area (Å²) in [5.41, 5.74) is 2.88. The Balaban J connectivity index is 2.08. The van der Waals surface area contributed by atoms with Crippen LogP contribution in [0.2, 0.25) is 0 Å². The quantitative estimate of drug-likeness (QED) is 0.629. The normalized spacial score (nSPS) is 10.2. The minimum atomic E-state index is -0.306. The van der Waals surface area contributed by atoms with Crippen molar-refractivity contribution in [2.24, 2.45) is 0 Å². The molecule has 0 aliphatic carbocycles. The minimum absolute atomic E-state index is 0.306. The number of ether oxygens (including phenoxy) is 1. The lowest BCUT2D eigenvalue weighted by Gasteiger charge is -2.10. The lowest BCUT2D eigenvalue weighted by Crippen LogP contribution is -2.33. The Bertz CT molecular complexity index is 574. The maximum Gasteiger partial charge on any atom is 0.337 e. The standard InChI is InChI=1S/C16H19N2O2/c1-17(2)15-8-10-18(11-9-15)12-13-4-6-14(7-5-13)16(19)20-3/h4-11H,12H2,1-3H3/q+1. The van der Waals surface area contributed by atoms with E-state index in [9.17, 15) is 4.79 Å². The number of pyridine rings is 1. The number of carbonyl (C=O) groups excluding carboxylic acids is 1. The van der Waals surface area contributed by atoms with E-state index < -0.39 is 0 Å². The van der Waals surface area contributed by atoms with Crippen LogP contribution < -0.4 is 9.47 Å². The van der Waals surface area contributed by atoms with Crippen LogP contribution in [0.4, 0.5) is 5.69 Å². The summed E-state index contributed by atoms with van der Waals surface area (Å²) in [5, 5.41) is 0. The van der Waals surface area contributed by atoms with E-state index in [0.29, 0.717) is 5.56 Å². The second-order valence-electron chi connectivity index (χ2n) is 4.81. The van der Waals surface area contributed by atoms with Gasteiger partial charge in [-0.1, -0.05) is 12.1 Å². The molecule has 0 atom stereocenters. The molecule has 0 unspecified atom stereocenters. The first kappa shape index (κ1) is 14.1. The Morgan fingerprint density at radius 1 is 1.10 bits per heavy atom. The summed E-state index contributed by atoms with van der Waals surface area (Å²) in [6.45, 7) is 0.773. The summed E-state index contributed by atoms with van der Waals surface area (Å²) in [6, 6.07) is 11.6. The molecule has 4 nitrogen and oxygen atoms in total. The Morgan fingerprint density at radius 3 is 2.20 bits per heavy atom. The number of methoxy groups -OCH3 is 1. The number of esters is 1. The van der Waals surface area contributed by atoms with Gasteiger partial charge in [0.1, 0.15) is 0 Å². The fraction of sp³-hybridized carbons (Fsp3) is 0.250. The summed E-state index contributed by atoms with van der Waals surface area (Å²) in [5.74, 6) is -0.306. The number of aromatic nitrogens is 1.